The molecule has 1 aromatic carbocycles. The molecule has 1 saturated carbocycles. The lowest BCUT2D eigenvalue weighted by Gasteiger charge is -2.14. The van der Waals surface area contributed by atoms with Crippen LogP contribution in [0.2, 0.25) is 0 Å². The second-order valence-corrected chi connectivity index (χ2v) is 8.17. The zero-order chi connectivity index (χ0) is 22.4. The van der Waals surface area contributed by atoms with Gasteiger partial charge in [0.2, 0.25) is 5.91 Å². The Kier molecular flexibility index (Phi) is 4.80. The second-order valence-electron chi connectivity index (χ2n) is 8.17. The summed E-state index contributed by atoms with van der Waals surface area (Å²) in [6, 6.07) is 9.74. The summed E-state index contributed by atoms with van der Waals surface area (Å²) >= 11 is 0. The third kappa shape index (κ3) is 3.77. The van der Waals surface area contributed by atoms with E-state index in [9.17, 15) is 4.79 Å². The minimum absolute atomic E-state index is 0.00613. The summed E-state index contributed by atoms with van der Waals surface area (Å²) in [6.07, 6.45) is 1.86. The Balaban J connectivity index is 1.50. The first kappa shape index (κ1) is 20.0. The molecule has 3 N–H and O–H groups in total. The van der Waals surface area contributed by atoms with E-state index in [-0.39, 0.29) is 11.8 Å². The number of imidazole rings is 1. The number of nitrogens with zero attached hydrogens (tertiary/aromatic N) is 4. The molecule has 0 aliphatic heterocycles. The predicted molar refractivity (Wildman–Crippen MR) is 123 cm³/mol. The molecule has 0 spiro atoms. The van der Waals surface area contributed by atoms with Gasteiger partial charge >= 0.3 is 0 Å². The number of ether oxygens (including phenoxy) is 1. The molecule has 1 aliphatic carbocycles. The molecule has 9 nitrogen and oxygen atoms in total. The average Bonchev–Trinajstić information content (AvgIpc) is 3.47. The topological polar surface area (TPSA) is 110 Å². The van der Waals surface area contributed by atoms with Crippen molar-refractivity contribution in [2.24, 2.45) is 13.0 Å². The third-order valence-electron chi connectivity index (χ3n) is 5.65. The van der Waals surface area contributed by atoms with Gasteiger partial charge in [0, 0.05) is 30.3 Å². The highest BCUT2D eigenvalue weighted by molar-refractivity contribution is 5.97. The number of fused-ring (bicyclic) bond motifs is 1. The fraction of sp³-hybridized carbons (Fsp3) is 0.304. The van der Waals surface area contributed by atoms with Crippen molar-refractivity contribution in [1.82, 2.24) is 24.7 Å². The second kappa shape index (κ2) is 7.67. The number of carbonyl (C=O) groups is 1. The van der Waals surface area contributed by atoms with Crippen molar-refractivity contribution < 1.29 is 9.53 Å². The number of nitrogens with one attached hydrogen (secondary N) is 3. The largest absolute Gasteiger partial charge is 0.495 e. The lowest BCUT2D eigenvalue weighted by Crippen LogP contribution is -2.14. The highest BCUT2D eigenvalue weighted by Crippen LogP contribution is 2.35. The zero-order valence-electron chi connectivity index (χ0n) is 18.5. The molecule has 0 bridgehead atoms. The van der Waals surface area contributed by atoms with Crippen molar-refractivity contribution >= 4 is 34.3 Å². The number of benzene rings is 1. The van der Waals surface area contributed by atoms with Gasteiger partial charge in [-0.1, -0.05) is 6.07 Å². The predicted octanol–water partition coefficient (Wildman–Crippen LogP) is 4.08. The monoisotopic (exact) mass is 431 g/mol. The molecule has 1 aliphatic rings. The lowest BCUT2D eigenvalue weighted by molar-refractivity contribution is -0.117. The van der Waals surface area contributed by atoms with Crippen molar-refractivity contribution in [3.63, 3.8) is 0 Å². The Hall–Kier alpha value is -3.88. The molecule has 0 radical (unpaired) electrons. The number of pyridine rings is 1. The molecule has 4 aromatic rings. The van der Waals surface area contributed by atoms with Crippen molar-refractivity contribution in [1.29, 1.82) is 0 Å². The molecule has 32 heavy (non-hydrogen) atoms. The van der Waals surface area contributed by atoms with Crippen LogP contribution in [0.4, 0.5) is 17.2 Å². The summed E-state index contributed by atoms with van der Waals surface area (Å²) in [5.41, 5.74) is 5.73. The minimum Gasteiger partial charge on any atom is -0.495 e. The van der Waals surface area contributed by atoms with Crippen LogP contribution in [0.15, 0.2) is 30.3 Å². The maximum absolute atomic E-state index is 12.3. The maximum atomic E-state index is 12.3. The normalized spacial score (nSPS) is 13.4. The smallest absolute Gasteiger partial charge is 0.228 e. The van der Waals surface area contributed by atoms with Crippen LogP contribution in [0.3, 0.4) is 0 Å². The van der Waals surface area contributed by atoms with Crippen LogP contribution in [0, 0.1) is 19.8 Å². The van der Waals surface area contributed by atoms with Crippen LogP contribution in [0.5, 0.6) is 5.75 Å². The number of rotatable bonds is 6. The van der Waals surface area contributed by atoms with E-state index < -0.39 is 0 Å². The highest BCUT2D eigenvalue weighted by Gasteiger charge is 2.30. The molecule has 164 valence electrons. The molecule has 0 unspecified atom stereocenters. The SMILES string of the molecule is COc1cc(-c2cc(C)n(C)n2)ccc1Nc1cc(NC(=O)C2CC2)nc2[nH]c(C)nc12. The van der Waals surface area contributed by atoms with Gasteiger partial charge in [-0.05, 0) is 44.9 Å². The molecule has 0 saturated heterocycles. The van der Waals surface area contributed by atoms with Crippen LogP contribution < -0.4 is 15.4 Å². The number of H-pyrrole nitrogens is 1. The molecule has 1 fully saturated rings. The Labute approximate surface area is 185 Å². The van der Waals surface area contributed by atoms with E-state index in [0.717, 1.165) is 47.0 Å². The first-order valence-corrected chi connectivity index (χ1v) is 10.6. The molecule has 3 aromatic heterocycles. The number of hydrogen-bond acceptors (Lipinski definition) is 6. The number of methoxy groups -OCH3 is 1. The first-order valence-electron chi connectivity index (χ1n) is 10.6. The van der Waals surface area contributed by atoms with E-state index in [0.29, 0.717) is 22.7 Å². The number of aromatic amines is 1. The number of aryl methyl sites for hydroxylation is 3. The Morgan fingerprint density at radius 3 is 2.66 bits per heavy atom. The molecular weight excluding hydrogens is 406 g/mol. The first-order chi connectivity index (χ1) is 15.4. The van der Waals surface area contributed by atoms with Gasteiger partial charge < -0.3 is 20.4 Å². The van der Waals surface area contributed by atoms with Crippen molar-refractivity contribution in [2.45, 2.75) is 26.7 Å². The number of aromatic nitrogens is 5. The van der Waals surface area contributed by atoms with Crippen LogP contribution in [-0.4, -0.2) is 37.7 Å². The summed E-state index contributed by atoms with van der Waals surface area (Å²) < 4.78 is 7.50. The molecule has 0 atom stereocenters. The van der Waals surface area contributed by atoms with E-state index in [4.69, 9.17) is 4.74 Å². The molecule has 9 heteroatoms. The number of amides is 1. The van der Waals surface area contributed by atoms with Gasteiger partial charge in [0.15, 0.2) is 5.65 Å². The number of anilines is 3. The van der Waals surface area contributed by atoms with Crippen LogP contribution >= 0.6 is 0 Å². The van der Waals surface area contributed by atoms with Gasteiger partial charge in [-0.15, -0.1) is 0 Å². The van der Waals surface area contributed by atoms with Crippen LogP contribution in [0.25, 0.3) is 22.4 Å². The van der Waals surface area contributed by atoms with Crippen LogP contribution in [0.1, 0.15) is 24.4 Å². The van der Waals surface area contributed by atoms with E-state index in [1.54, 1.807) is 13.2 Å². The zero-order valence-corrected chi connectivity index (χ0v) is 18.5. The molecular formula is C23H25N7O2. The van der Waals surface area contributed by atoms with Gasteiger partial charge in [0.25, 0.3) is 0 Å². The van der Waals surface area contributed by atoms with Crippen molar-refractivity contribution in [3.8, 4) is 17.0 Å². The molecule has 3 heterocycles. The van der Waals surface area contributed by atoms with E-state index in [1.165, 1.54) is 0 Å². The standard InChI is InChI=1S/C23H25N7O2/c1-12-9-17(29-30(12)3)15-7-8-16(19(10-15)32-4)26-18-11-20(28-23(31)14-5-6-14)27-22-21(18)24-13(2)25-22/h7-11,14H,5-6H2,1-4H3,(H3,24,25,26,27,28,31). The quantitative estimate of drug-likeness (QED) is 0.424. The van der Waals surface area contributed by atoms with E-state index >= 15 is 0 Å². The summed E-state index contributed by atoms with van der Waals surface area (Å²) in [5, 5.41) is 10.9. The summed E-state index contributed by atoms with van der Waals surface area (Å²) in [6.45, 7) is 3.89. The average molecular weight is 432 g/mol. The Morgan fingerprint density at radius 2 is 1.97 bits per heavy atom. The van der Waals surface area contributed by atoms with Gasteiger partial charge in [0.1, 0.15) is 22.9 Å². The number of hydrogen-bond donors (Lipinski definition) is 3. The van der Waals surface area contributed by atoms with Crippen molar-refractivity contribution in [2.75, 3.05) is 17.7 Å². The lowest BCUT2D eigenvalue weighted by atomic mass is 10.1. The van der Waals surface area contributed by atoms with Gasteiger partial charge in [-0.2, -0.15) is 5.10 Å². The summed E-state index contributed by atoms with van der Waals surface area (Å²) in [4.78, 5) is 24.5. The maximum Gasteiger partial charge on any atom is 0.228 e. The van der Waals surface area contributed by atoms with Gasteiger partial charge in [-0.3, -0.25) is 9.48 Å². The summed E-state index contributed by atoms with van der Waals surface area (Å²) in [5.74, 6) is 2.00. The molecule has 1 amide bonds. The van der Waals surface area contributed by atoms with E-state index in [2.05, 4.69) is 30.7 Å². The summed E-state index contributed by atoms with van der Waals surface area (Å²) in [7, 11) is 3.56. The van der Waals surface area contributed by atoms with Gasteiger partial charge in [0.05, 0.1) is 24.2 Å². The van der Waals surface area contributed by atoms with E-state index in [1.807, 2.05) is 49.8 Å². The minimum atomic E-state index is 0.00613. The third-order valence-corrected chi connectivity index (χ3v) is 5.65. The highest BCUT2D eigenvalue weighted by atomic mass is 16.5. The number of carbonyl (C=O) groups excluding carboxylic acids is 1. The Morgan fingerprint density at radius 1 is 1.16 bits per heavy atom. The van der Waals surface area contributed by atoms with Gasteiger partial charge in [-0.25, -0.2) is 9.97 Å². The van der Waals surface area contributed by atoms with Crippen molar-refractivity contribution in [3.05, 3.63) is 41.9 Å². The molecule has 5 rings (SSSR count). The Bertz CT molecular complexity index is 1310. The fourth-order valence-electron chi connectivity index (χ4n) is 3.64. The van der Waals surface area contributed by atoms with Crippen LogP contribution in [-0.2, 0) is 11.8 Å². The fourth-order valence-corrected chi connectivity index (χ4v) is 3.64.